The molecule has 0 aliphatic carbocycles. The highest BCUT2D eigenvalue weighted by atomic mass is 16.2. The van der Waals surface area contributed by atoms with Crippen LogP contribution in [0.1, 0.15) is 23.7 Å². The van der Waals surface area contributed by atoms with Crippen molar-refractivity contribution in [3.8, 4) is 6.07 Å². The smallest absolute Gasteiger partial charge is 0.246 e. The van der Waals surface area contributed by atoms with Gasteiger partial charge in [-0.25, -0.2) is 9.97 Å². The Bertz CT molecular complexity index is 871. The molecule has 1 aromatic carbocycles. The van der Waals surface area contributed by atoms with Crippen LogP contribution in [0.5, 0.6) is 0 Å². The highest BCUT2D eigenvalue weighted by Crippen LogP contribution is 2.19. The topological polar surface area (TPSA) is 73.1 Å². The Morgan fingerprint density at radius 1 is 1.31 bits per heavy atom. The number of amides is 1. The quantitative estimate of drug-likeness (QED) is 0.797. The van der Waals surface area contributed by atoms with Crippen LogP contribution >= 0.6 is 0 Å². The molecule has 2 heterocycles. The molecule has 3 rings (SSSR count). The number of carbonyl (C=O) groups is 1. The molecule has 6 heteroatoms. The van der Waals surface area contributed by atoms with Gasteiger partial charge in [-0.2, -0.15) is 5.26 Å². The van der Waals surface area contributed by atoms with Gasteiger partial charge in [0.05, 0.1) is 0 Å². The number of carbonyl (C=O) groups excluding carboxylic acids is 1. The maximum absolute atomic E-state index is 12.6. The fourth-order valence-corrected chi connectivity index (χ4v) is 3.16. The molecule has 0 spiro atoms. The van der Waals surface area contributed by atoms with Crippen molar-refractivity contribution >= 4 is 17.8 Å². The fourth-order valence-electron chi connectivity index (χ4n) is 3.16. The number of rotatable bonds is 3. The summed E-state index contributed by atoms with van der Waals surface area (Å²) < 4.78 is 0. The van der Waals surface area contributed by atoms with E-state index < -0.39 is 0 Å². The van der Waals surface area contributed by atoms with Gasteiger partial charge in [0.25, 0.3) is 0 Å². The average molecular weight is 347 g/mol. The summed E-state index contributed by atoms with van der Waals surface area (Å²) in [5.74, 6) is 0.586. The molecule has 1 aliphatic heterocycles. The second-order valence-electron chi connectivity index (χ2n) is 6.41. The van der Waals surface area contributed by atoms with Gasteiger partial charge in [-0.3, -0.25) is 4.79 Å². The van der Waals surface area contributed by atoms with Gasteiger partial charge in [-0.05, 0) is 25.5 Å². The van der Waals surface area contributed by atoms with E-state index in [1.807, 2.05) is 54.0 Å². The van der Waals surface area contributed by atoms with Crippen LogP contribution < -0.4 is 4.90 Å². The maximum Gasteiger partial charge on any atom is 0.246 e. The first-order valence-corrected chi connectivity index (χ1v) is 8.60. The molecular formula is C20H21N5O. The van der Waals surface area contributed by atoms with Gasteiger partial charge >= 0.3 is 0 Å². The molecule has 0 N–H and O–H groups in total. The highest BCUT2D eigenvalue weighted by Gasteiger charge is 2.28. The summed E-state index contributed by atoms with van der Waals surface area (Å²) in [5.41, 5.74) is 2.50. The minimum absolute atomic E-state index is 0.00157. The number of aryl methyl sites for hydroxylation is 1. The van der Waals surface area contributed by atoms with E-state index in [9.17, 15) is 10.1 Å². The SMILES string of the molecule is Cc1cccc(C=CC(=O)N2CCN(c3nccnc3C#N)C[C@H]2C)c1. The number of benzene rings is 1. The van der Waals surface area contributed by atoms with E-state index in [-0.39, 0.29) is 11.9 Å². The predicted octanol–water partition coefficient (Wildman–Crippen LogP) is 2.41. The summed E-state index contributed by atoms with van der Waals surface area (Å²) in [7, 11) is 0. The number of nitriles is 1. The van der Waals surface area contributed by atoms with Crippen molar-refractivity contribution < 1.29 is 4.79 Å². The first-order valence-electron chi connectivity index (χ1n) is 8.60. The zero-order chi connectivity index (χ0) is 18.5. The molecule has 1 aromatic heterocycles. The van der Waals surface area contributed by atoms with Gasteiger partial charge in [-0.1, -0.05) is 29.8 Å². The number of aromatic nitrogens is 2. The van der Waals surface area contributed by atoms with E-state index in [0.29, 0.717) is 31.1 Å². The van der Waals surface area contributed by atoms with Gasteiger partial charge in [0.15, 0.2) is 11.5 Å². The molecule has 132 valence electrons. The normalized spacial score (nSPS) is 17.3. The Morgan fingerprint density at radius 3 is 2.85 bits per heavy atom. The molecule has 1 aliphatic rings. The molecule has 1 saturated heterocycles. The molecule has 0 radical (unpaired) electrons. The molecule has 0 unspecified atom stereocenters. The lowest BCUT2D eigenvalue weighted by atomic mass is 10.1. The molecule has 0 saturated carbocycles. The Balaban J connectivity index is 1.67. The summed E-state index contributed by atoms with van der Waals surface area (Å²) in [4.78, 5) is 24.8. The van der Waals surface area contributed by atoms with Gasteiger partial charge in [0, 0.05) is 44.1 Å². The third-order valence-corrected chi connectivity index (χ3v) is 4.46. The van der Waals surface area contributed by atoms with Gasteiger partial charge in [0.2, 0.25) is 5.91 Å². The Labute approximate surface area is 153 Å². The lowest BCUT2D eigenvalue weighted by Gasteiger charge is -2.40. The summed E-state index contributed by atoms with van der Waals surface area (Å²) in [6.45, 7) is 5.87. The molecule has 26 heavy (non-hydrogen) atoms. The molecule has 2 aromatic rings. The molecule has 0 bridgehead atoms. The fraction of sp³-hybridized carbons (Fsp3) is 0.300. The third-order valence-electron chi connectivity index (χ3n) is 4.46. The number of piperazine rings is 1. The van der Waals surface area contributed by atoms with E-state index in [2.05, 4.69) is 16.0 Å². The Kier molecular flexibility index (Phi) is 5.28. The Hall–Kier alpha value is -3.20. The standard InChI is InChI=1S/C20H21N5O/c1-15-4-3-5-17(12-15)6-7-19(26)25-11-10-24(14-16(25)2)20-18(13-21)22-8-9-23-20/h3-9,12,16H,10-11,14H2,1-2H3/t16-/m1/s1. The van der Waals surface area contributed by atoms with Crippen LogP contribution in [-0.2, 0) is 4.79 Å². The van der Waals surface area contributed by atoms with Gasteiger partial charge in [0.1, 0.15) is 6.07 Å². The second kappa shape index (κ2) is 7.79. The highest BCUT2D eigenvalue weighted by molar-refractivity contribution is 5.92. The largest absolute Gasteiger partial charge is 0.350 e. The van der Waals surface area contributed by atoms with E-state index in [4.69, 9.17) is 0 Å². The zero-order valence-electron chi connectivity index (χ0n) is 15.0. The molecule has 1 amide bonds. The number of anilines is 1. The lowest BCUT2D eigenvalue weighted by molar-refractivity contribution is -0.128. The van der Waals surface area contributed by atoms with Crippen molar-refractivity contribution in [3.05, 3.63) is 59.6 Å². The monoisotopic (exact) mass is 347 g/mol. The van der Waals surface area contributed by atoms with E-state index in [1.54, 1.807) is 12.3 Å². The van der Waals surface area contributed by atoms with E-state index >= 15 is 0 Å². The molecule has 1 atom stereocenters. The van der Waals surface area contributed by atoms with Gasteiger partial charge in [-0.15, -0.1) is 0 Å². The maximum atomic E-state index is 12.6. The predicted molar refractivity (Wildman–Crippen MR) is 100 cm³/mol. The van der Waals surface area contributed by atoms with Crippen LogP contribution in [0.3, 0.4) is 0 Å². The van der Waals surface area contributed by atoms with Crippen molar-refractivity contribution in [1.82, 2.24) is 14.9 Å². The summed E-state index contributed by atoms with van der Waals surface area (Å²) in [6.07, 6.45) is 6.58. The molecule has 6 nitrogen and oxygen atoms in total. The summed E-state index contributed by atoms with van der Waals surface area (Å²) in [5, 5.41) is 9.20. The van der Waals surface area contributed by atoms with Crippen molar-refractivity contribution in [2.24, 2.45) is 0 Å². The number of hydrogen-bond acceptors (Lipinski definition) is 5. The van der Waals surface area contributed by atoms with Crippen molar-refractivity contribution in [1.29, 1.82) is 5.26 Å². The third kappa shape index (κ3) is 3.89. The number of nitrogens with zero attached hydrogens (tertiary/aromatic N) is 5. The van der Waals surface area contributed by atoms with Crippen molar-refractivity contribution in [2.45, 2.75) is 19.9 Å². The van der Waals surface area contributed by atoms with Gasteiger partial charge < -0.3 is 9.80 Å². The van der Waals surface area contributed by atoms with Crippen LogP contribution in [0.15, 0.2) is 42.7 Å². The summed E-state index contributed by atoms with van der Waals surface area (Å²) in [6, 6.07) is 10.1. The molecular weight excluding hydrogens is 326 g/mol. The Morgan fingerprint density at radius 2 is 2.12 bits per heavy atom. The van der Waals surface area contributed by atoms with Crippen LogP contribution in [0.4, 0.5) is 5.82 Å². The lowest BCUT2D eigenvalue weighted by Crippen LogP contribution is -2.54. The number of hydrogen-bond donors (Lipinski definition) is 0. The van der Waals surface area contributed by atoms with Crippen molar-refractivity contribution in [2.75, 3.05) is 24.5 Å². The van der Waals surface area contributed by atoms with E-state index in [0.717, 1.165) is 5.56 Å². The van der Waals surface area contributed by atoms with Crippen molar-refractivity contribution in [3.63, 3.8) is 0 Å². The first kappa shape index (κ1) is 17.6. The average Bonchev–Trinajstić information content (AvgIpc) is 2.66. The zero-order valence-corrected chi connectivity index (χ0v) is 15.0. The van der Waals surface area contributed by atoms with Crippen LogP contribution in [0.2, 0.25) is 0 Å². The second-order valence-corrected chi connectivity index (χ2v) is 6.41. The minimum Gasteiger partial charge on any atom is -0.350 e. The summed E-state index contributed by atoms with van der Waals surface area (Å²) >= 11 is 0. The minimum atomic E-state index is -0.00157. The first-order chi connectivity index (χ1) is 12.6. The van der Waals surface area contributed by atoms with Crippen LogP contribution in [0, 0.1) is 18.3 Å². The molecule has 1 fully saturated rings. The van der Waals surface area contributed by atoms with Crippen LogP contribution in [-0.4, -0.2) is 46.5 Å². The van der Waals surface area contributed by atoms with Crippen LogP contribution in [0.25, 0.3) is 6.08 Å². The van der Waals surface area contributed by atoms with E-state index in [1.165, 1.54) is 11.8 Å².